The van der Waals surface area contributed by atoms with Gasteiger partial charge in [0.2, 0.25) is 5.91 Å². The molecule has 0 unspecified atom stereocenters. The third-order valence-corrected chi connectivity index (χ3v) is 5.32. The van der Waals surface area contributed by atoms with Crippen LogP contribution in [-0.4, -0.2) is 12.5 Å². The highest BCUT2D eigenvalue weighted by Gasteiger charge is 2.12. The molecule has 1 N–H and O–H groups in total. The molecule has 2 heteroatoms. The fourth-order valence-electron chi connectivity index (χ4n) is 3.96. The van der Waals surface area contributed by atoms with Gasteiger partial charge in [0.1, 0.15) is 0 Å². The number of hydrogen-bond acceptors (Lipinski definition) is 1. The van der Waals surface area contributed by atoms with Crippen molar-refractivity contribution in [3.63, 3.8) is 0 Å². The molecule has 4 aromatic carbocycles. The smallest absolute Gasteiger partial charge is 0.224 e. The first-order valence-electron chi connectivity index (χ1n) is 9.70. The monoisotopic (exact) mass is 343 g/mol. The first-order chi connectivity index (χ1) is 12.8. The van der Waals surface area contributed by atoms with Crippen molar-refractivity contribution < 1.29 is 4.79 Å². The topological polar surface area (TPSA) is 29.1 Å². The van der Waals surface area contributed by atoms with E-state index in [4.69, 9.17) is 0 Å². The molecule has 0 atom stereocenters. The minimum Gasteiger partial charge on any atom is -0.356 e. The lowest BCUT2D eigenvalue weighted by molar-refractivity contribution is -0.120. The number of rotatable bonds is 7. The van der Waals surface area contributed by atoms with Crippen LogP contribution in [0.5, 0.6) is 0 Å². The van der Waals surface area contributed by atoms with Crippen LogP contribution in [0.15, 0.2) is 54.6 Å². The quantitative estimate of drug-likeness (QED) is 0.332. The van der Waals surface area contributed by atoms with Gasteiger partial charge < -0.3 is 5.32 Å². The van der Waals surface area contributed by atoms with Gasteiger partial charge in [-0.2, -0.15) is 0 Å². The molecule has 0 aromatic heterocycles. The van der Waals surface area contributed by atoms with Crippen molar-refractivity contribution in [1.82, 2.24) is 5.32 Å². The van der Waals surface area contributed by atoms with Crippen molar-refractivity contribution in [1.29, 1.82) is 0 Å². The molecule has 0 radical (unpaired) electrons. The SMILES string of the molecule is CCCCCCNC(=O)Cc1ccc2ccc3cccc4ccc1c2c34. The predicted molar refractivity (Wildman–Crippen MR) is 111 cm³/mol. The second-order valence-corrected chi connectivity index (χ2v) is 7.17. The number of amides is 1. The molecule has 0 saturated heterocycles. The zero-order valence-electron chi connectivity index (χ0n) is 15.3. The van der Waals surface area contributed by atoms with Gasteiger partial charge in [-0.3, -0.25) is 4.79 Å². The van der Waals surface area contributed by atoms with Crippen LogP contribution in [0.3, 0.4) is 0 Å². The van der Waals surface area contributed by atoms with Gasteiger partial charge in [0.15, 0.2) is 0 Å². The van der Waals surface area contributed by atoms with Crippen molar-refractivity contribution in [2.24, 2.45) is 0 Å². The molecule has 1 amide bonds. The molecule has 0 aliphatic heterocycles. The summed E-state index contributed by atoms with van der Waals surface area (Å²) in [5.74, 6) is 0.122. The van der Waals surface area contributed by atoms with Crippen LogP contribution >= 0.6 is 0 Å². The van der Waals surface area contributed by atoms with Gasteiger partial charge in [0.25, 0.3) is 0 Å². The third kappa shape index (κ3) is 3.12. The van der Waals surface area contributed by atoms with Gasteiger partial charge in [-0.05, 0) is 44.3 Å². The van der Waals surface area contributed by atoms with Crippen LogP contribution in [0.4, 0.5) is 0 Å². The van der Waals surface area contributed by atoms with Gasteiger partial charge in [-0.25, -0.2) is 0 Å². The van der Waals surface area contributed by atoms with Crippen LogP contribution in [0.25, 0.3) is 32.3 Å². The summed E-state index contributed by atoms with van der Waals surface area (Å²) in [5.41, 5.74) is 1.11. The molecule has 2 nitrogen and oxygen atoms in total. The summed E-state index contributed by atoms with van der Waals surface area (Å²) < 4.78 is 0. The molecule has 4 rings (SSSR count). The van der Waals surface area contributed by atoms with Gasteiger partial charge in [0.05, 0.1) is 6.42 Å². The first-order valence-corrected chi connectivity index (χ1v) is 9.70. The van der Waals surface area contributed by atoms with E-state index in [0.717, 1.165) is 18.5 Å². The van der Waals surface area contributed by atoms with Gasteiger partial charge in [-0.1, -0.05) is 80.8 Å². The molecule has 132 valence electrons. The Morgan fingerprint density at radius 3 is 2.27 bits per heavy atom. The zero-order valence-corrected chi connectivity index (χ0v) is 15.3. The van der Waals surface area contributed by atoms with Crippen LogP contribution < -0.4 is 5.32 Å². The largest absolute Gasteiger partial charge is 0.356 e. The predicted octanol–water partition coefficient (Wildman–Crippen LogP) is 5.82. The van der Waals surface area contributed by atoms with E-state index in [0.29, 0.717) is 6.42 Å². The minimum absolute atomic E-state index is 0.122. The molecule has 26 heavy (non-hydrogen) atoms. The van der Waals surface area contributed by atoms with Gasteiger partial charge in [-0.15, -0.1) is 0 Å². The van der Waals surface area contributed by atoms with Gasteiger partial charge in [0, 0.05) is 6.54 Å². The molecule has 0 saturated carbocycles. The van der Waals surface area contributed by atoms with E-state index >= 15 is 0 Å². The van der Waals surface area contributed by atoms with Crippen molar-refractivity contribution in [3.05, 3.63) is 60.2 Å². The first kappa shape index (κ1) is 16.8. The van der Waals surface area contributed by atoms with Crippen molar-refractivity contribution >= 4 is 38.2 Å². The number of carbonyl (C=O) groups excluding carboxylic acids is 1. The van der Waals surface area contributed by atoms with E-state index in [2.05, 4.69) is 66.8 Å². The Morgan fingerprint density at radius 2 is 1.50 bits per heavy atom. The standard InChI is InChI=1S/C24H25NO/c1-2-3-4-5-15-25-22(26)16-20-12-11-19-10-9-17-7-6-8-18-13-14-21(20)24(19)23(17)18/h6-14H,2-5,15-16H2,1H3,(H,25,26). The number of nitrogens with one attached hydrogen (secondary N) is 1. The Morgan fingerprint density at radius 1 is 0.808 bits per heavy atom. The molecule has 0 aliphatic rings. The second-order valence-electron chi connectivity index (χ2n) is 7.17. The summed E-state index contributed by atoms with van der Waals surface area (Å²) in [6, 6.07) is 19.4. The van der Waals surface area contributed by atoms with Gasteiger partial charge >= 0.3 is 0 Å². The molecular formula is C24H25NO. The number of carbonyl (C=O) groups is 1. The third-order valence-electron chi connectivity index (χ3n) is 5.32. The maximum absolute atomic E-state index is 12.4. The Balaban J connectivity index is 1.63. The average molecular weight is 343 g/mol. The zero-order chi connectivity index (χ0) is 17.9. The molecule has 0 bridgehead atoms. The minimum atomic E-state index is 0.122. The molecule has 0 aliphatic carbocycles. The molecule has 0 fully saturated rings. The fourth-order valence-corrected chi connectivity index (χ4v) is 3.96. The Bertz CT molecular complexity index is 1030. The average Bonchev–Trinajstić information content (AvgIpc) is 2.67. The Kier molecular flexibility index (Phi) is 4.75. The van der Waals surface area contributed by atoms with Crippen LogP contribution in [0.1, 0.15) is 38.2 Å². The van der Waals surface area contributed by atoms with E-state index in [-0.39, 0.29) is 5.91 Å². The van der Waals surface area contributed by atoms with Crippen LogP contribution in [-0.2, 0) is 11.2 Å². The number of benzene rings is 4. The number of unbranched alkanes of at least 4 members (excludes halogenated alkanes) is 3. The highest BCUT2D eigenvalue weighted by molar-refractivity contribution is 6.23. The lowest BCUT2D eigenvalue weighted by Crippen LogP contribution is -2.26. The van der Waals surface area contributed by atoms with E-state index in [9.17, 15) is 4.79 Å². The normalized spacial score (nSPS) is 11.6. The summed E-state index contributed by atoms with van der Waals surface area (Å²) in [6.45, 7) is 2.98. The van der Waals surface area contributed by atoms with E-state index in [1.165, 1.54) is 51.6 Å². The van der Waals surface area contributed by atoms with Crippen molar-refractivity contribution in [2.45, 2.75) is 39.0 Å². The second kappa shape index (κ2) is 7.33. The summed E-state index contributed by atoms with van der Waals surface area (Å²) in [6.07, 6.45) is 5.16. The van der Waals surface area contributed by atoms with Crippen molar-refractivity contribution in [3.8, 4) is 0 Å². The summed E-state index contributed by atoms with van der Waals surface area (Å²) in [5, 5.41) is 10.6. The van der Waals surface area contributed by atoms with Crippen LogP contribution in [0.2, 0.25) is 0 Å². The number of hydrogen-bond donors (Lipinski definition) is 1. The molecule has 4 aromatic rings. The molecule has 0 spiro atoms. The van der Waals surface area contributed by atoms with E-state index in [1.807, 2.05) is 0 Å². The Labute approximate surface area is 154 Å². The highest BCUT2D eigenvalue weighted by atomic mass is 16.1. The molecule has 0 heterocycles. The van der Waals surface area contributed by atoms with E-state index in [1.54, 1.807) is 0 Å². The highest BCUT2D eigenvalue weighted by Crippen LogP contribution is 2.35. The summed E-state index contributed by atoms with van der Waals surface area (Å²) >= 11 is 0. The lowest BCUT2D eigenvalue weighted by atomic mass is 9.91. The Hall–Kier alpha value is -2.61. The summed E-state index contributed by atoms with van der Waals surface area (Å²) in [4.78, 5) is 12.4. The molecular weight excluding hydrogens is 318 g/mol. The van der Waals surface area contributed by atoms with Crippen LogP contribution in [0, 0.1) is 0 Å². The maximum Gasteiger partial charge on any atom is 0.224 e. The van der Waals surface area contributed by atoms with E-state index < -0.39 is 0 Å². The fraction of sp³-hybridized carbons (Fsp3) is 0.292. The maximum atomic E-state index is 12.4. The lowest BCUT2D eigenvalue weighted by Gasteiger charge is -2.14. The van der Waals surface area contributed by atoms with Crippen molar-refractivity contribution in [2.75, 3.05) is 6.54 Å². The summed E-state index contributed by atoms with van der Waals surface area (Å²) in [7, 11) is 0.